The van der Waals surface area contributed by atoms with Gasteiger partial charge in [0, 0.05) is 23.9 Å². The zero-order valence-corrected chi connectivity index (χ0v) is 15.8. The van der Waals surface area contributed by atoms with E-state index in [9.17, 15) is 9.59 Å². The quantitative estimate of drug-likeness (QED) is 0.483. The maximum atomic E-state index is 12.2. The van der Waals surface area contributed by atoms with Crippen LogP contribution in [0.2, 0.25) is 0 Å². The number of hydrogen-bond acceptors (Lipinski definition) is 6. The molecule has 0 radical (unpaired) electrons. The highest BCUT2D eigenvalue weighted by Crippen LogP contribution is 2.31. The average Bonchev–Trinajstić information content (AvgIpc) is 2.70. The van der Waals surface area contributed by atoms with Crippen LogP contribution in [-0.2, 0) is 16.1 Å². The van der Waals surface area contributed by atoms with Crippen molar-refractivity contribution in [3.8, 4) is 11.5 Å². The second-order valence-corrected chi connectivity index (χ2v) is 6.04. The number of aromatic nitrogens is 2. The highest BCUT2D eigenvalue weighted by atomic mass is 16.5. The van der Waals surface area contributed by atoms with Crippen molar-refractivity contribution in [3.63, 3.8) is 0 Å². The molecule has 0 atom stereocenters. The maximum Gasteiger partial charge on any atom is 0.331 e. The van der Waals surface area contributed by atoms with Gasteiger partial charge < -0.3 is 14.2 Å². The summed E-state index contributed by atoms with van der Waals surface area (Å²) in [4.78, 5) is 28.6. The predicted octanol–water partition coefficient (Wildman–Crippen LogP) is 2.78. The van der Waals surface area contributed by atoms with Crippen LogP contribution in [0.5, 0.6) is 11.5 Å². The number of nitrogens with zero attached hydrogens (tertiary/aromatic N) is 2. The van der Waals surface area contributed by atoms with E-state index in [0.29, 0.717) is 28.4 Å². The first-order chi connectivity index (χ1) is 13.5. The summed E-state index contributed by atoms with van der Waals surface area (Å²) < 4.78 is 17.2. The fourth-order valence-corrected chi connectivity index (χ4v) is 2.73. The van der Waals surface area contributed by atoms with Crippen molar-refractivity contribution in [3.05, 3.63) is 75.8 Å². The Morgan fingerprint density at radius 1 is 1.18 bits per heavy atom. The van der Waals surface area contributed by atoms with Crippen LogP contribution >= 0.6 is 0 Å². The minimum Gasteiger partial charge on any atom is -0.493 e. The highest BCUT2D eigenvalue weighted by molar-refractivity contribution is 5.87. The number of pyridine rings is 1. The zero-order chi connectivity index (χ0) is 20.1. The summed E-state index contributed by atoms with van der Waals surface area (Å²) in [6.07, 6.45) is 4.58. The molecule has 0 bridgehead atoms. The van der Waals surface area contributed by atoms with Crippen molar-refractivity contribution in [2.45, 2.75) is 13.5 Å². The number of carbonyl (C=O) groups is 1. The number of methoxy groups -OCH3 is 2. The molecule has 0 saturated carbocycles. The molecule has 0 spiro atoms. The fourth-order valence-electron chi connectivity index (χ4n) is 2.73. The van der Waals surface area contributed by atoms with E-state index in [1.54, 1.807) is 43.6 Å². The average molecular weight is 380 g/mol. The molecule has 144 valence electrons. The van der Waals surface area contributed by atoms with Gasteiger partial charge in [0.1, 0.15) is 12.3 Å². The first kappa shape index (κ1) is 19.2. The van der Waals surface area contributed by atoms with E-state index in [1.807, 2.05) is 13.0 Å². The predicted molar refractivity (Wildman–Crippen MR) is 105 cm³/mol. The number of ether oxygens (including phenoxy) is 3. The molecule has 0 saturated heterocycles. The number of benzene rings is 1. The third-order valence-electron chi connectivity index (χ3n) is 4.06. The molecule has 0 aliphatic rings. The molecule has 7 heteroatoms. The molecule has 2 aromatic heterocycles. The Kier molecular flexibility index (Phi) is 5.74. The van der Waals surface area contributed by atoms with E-state index < -0.39 is 5.97 Å². The Labute approximate surface area is 161 Å². The Bertz CT molecular complexity index is 1100. The van der Waals surface area contributed by atoms with E-state index in [2.05, 4.69) is 4.98 Å². The zero-order valence-electron chi connectivity index (χ0n) is 15.8. The number of fused-ring (bicyclic) bond motifs is 1. The van der Waals surface area contributed by atoms with Crippen molar-refractivity contribution in [2.24, 2.45) is 0 Å². The van der Waals surface area contributed by atoms with E-state index in [0.717, 1.165) is 5.56 Å². The van der Waals surface area contributed by atoms with E-state index >= 15 is 0 Å². The standard InChI is InChI=1S/C21H20N2O5/c1-14-7-9-18-22-16(11-19(24)23(18)12-14)13-28-20(25)10-8-15-5-4-6-17(26-2)21(15)27-3/h4-12H,13H2,1-3H3/b10-8+. The normalized spacial score (nSPS) is 11.0. The first-order valence-corrected chi connectivity index (χ1v) is 8.56. The third-order valence-corrected chi connectivity index (χ3v) is 4.06. The summed E-state index contributed by atoms with van der Waals surface area (Å²) >= 11 is 0. The summed E-state index contributed by atoms with van der Waals surface area (Å²) in [5.41, 5.74) is 2.29. The molecular weight excluding hydrogens is 360 g/mol. The van der Waals surface area contributed by atoms with Crippen LogP contribution in [0.3, 0.4) is 0 Å². The number of hydrogen-bond donors (Lipinski definition) is 0. The molecule has 3 aromatic rings. The lowest BCUT2D eigenvalue weighted by molar-refractivity contribution is -0.139. The van der Waals surface area contributed by atoms with Crippen LogP contribution in [0.4, 0.5) is 0 Å². The van der Waals surface area contributed by atoms with Crippen LogP contribution in [-0.4, -0.2) is 29.6 Å². The van der Waals surface area contributed by atoms with Crippen molar-refractivity contribution in [1.29, 1.82) is 0 Å². The topological polar surface area (TPSA) is 79.1 Å². The van der Waals surface area contributed by atoms with Gasteiger partial charge >= 0.3 is 5.97 Å². The molecular formula is C21H20N2O5. The highest BCUT2D eigenvalue weighted by Gasteiger charge is 2.08. The molecule has 0 fully saturated rings. The van der Waals surface area contributed by atoms with Gasteiger partial charge in [-0.2, -0.15) is 0 Å². The van der Waals surface area contributed by atoms with E-state index in [-0.39, 0.29) is 12.2 Å². The molecule has 0 aliphatic carbocycles. The van der Waals surface area contributed by atoms with Crippen LogP contribution in [0, 0.1) is 6.92 Å². The minimum atomic E-state index is -0.559. The lowest BCUT2D eigenvalue weighted by Gasteiger charge is -2.09. The minimum absolute atomic E-state index is 0.0992. The molecule has 3 rings (SSSR count). The summed E-state index contributed by atoms with van der Waals surface area (Å²) in [7, 11) is 3.07. The van der Waals surface area contributed by atoms with E-state index in [4.69, 9.17) is 14.2 Å². The second-order valence-electron chi connectivity index (χ2n) is 6.04. The third kappa shape index (κ3) is 4.20. The van der Waals surface area contributed by atoms with Crippen molar-refractivity contribution >= 4 is 17.7 Å². The van der Waals surface area contributed by atoms with Crippen LogP contribution in [0.1, 0.15) is 16.8 Å². The number of carbonyl (C=O) groups excluding carboxylic acids is 1. The van der Waals surface area contributed by atoms with Gasteiger partial charge in [-0.05, 0) is 30.7 Å². The SMILES string of the molecule is COc1cccc(/C=C/C(=O)OCc2cc(=O)n3cc(C)ccc3n2)c1OC. The molecule has 2 heterocycles. The molecule has 28 heavy (non-hydrogen) atoms. The Balaban J connectivity index is 1.71. The van der Waals surface area contributed by atoms with Crippen LogP contribution < -0.4 is 15.0 Å². The largest absolute Gasteiger partial charge is 0.493 e. The number of aryl methyl sites for hydroxylation is 1. The van der Waals surface area contributed by atoms with Crippen molar-refractivity contribution in [1.82, 2.24) is 9.38 Å². The van der Waals surface area contributed by atoms with Crippen molar-refractivity contribution in [2.75, 3.05) is 14.2 Å². The summed E-state index contributed by atoms with van der Waals surface area (Å²) in [5, 5.41) is 0. The van der Waals surface area contributed by atoms with Gasteiger partial charge in [-0.25, -0.2) is 9.78 Å². The second kappa shape index (κ2) is 8.39. The van der Waals surface area contributed by atoms with Gasteiger partial charge in [-0.1, -0.05) is 18.2 Å². The van der Waals surface area contributed by atoms with E-state index in [1.165, 1.54) is 23.7 Å². The molecule has 7 nitrogen and oxygen atoms in total. The van der Waals surface area contributed by atoms with Gasteiger partial charge in [0.25, 0.3) is 5.56 Å². The fraction of sp³-hybridized carbons (Fsp3) is 0.190. The Hall–Kier alpha value is -3.61. The van der Waals surface area contributed by atoms with Gasteiger partial charge in [0.05, 0.1) is 19.9 Å². The van der Waals surface area contributed by atoms with Crippen LogP contribution in [0.15, 0.2) is 53.5 Å². The Morgan fingerprint density at radius 3 is 2.75 bits per heavy atom. The molecule has 0 unspecified atom stereocenters. The number of para-hydroxylation sites is 1. The molecule has 0 N–H and O–H groups in total. The molecule has 1 aromatic carbocycles. The molecule has 0 amide bonds. The maximum absolute atomic E-state index is 12.2. The number of rotatable bonds is 6. The van der Waals surface area contributed by atoms with Gasteiger partial charge in [-0.15, -0.1) is 0 Å². The van der Waals surface area contributed by atoms with Crippen molar-refractivity contribution < 1.29 is 19.0 Å². The molecule has 0 aliphatic heterocycles. The monoisotopic (exact) mass is 380 g/mol. The first-order valence-electron chi connectivity index (χ1n) is 8.56. The van der Waals surface area contributed by atoms with Gasteiger partial charge in [0.2, 0.25) is 0 Å². The summed E-state index contributed by atoms with van der Waals surface area (Å²) in [5.74, 6) is 0.526. The van der Waals surface area contributed by atoms with Crippen LogP contribution in [0.25, 0.3) is 11.7 Å². The Morgan fingerprint density at radius 2 is 2.00 bits per heavy atom. The van der Waals surface area contributed by atoms with Gasteiger partial charge in [-0.3, -0.25) is 9.20 Å². The smallest absolute Gasteiger partial charge is 0.331 e. The lowest BCUT2D eigenvalue weighted by atomic mass is 10.1. The van der Waals surface area contributed by atoms with Gasteiger partial charge in [0.15, 0.2) is 11.5 Å². The lowest BCUT2D eigenvalue weighted by Crippen LogP contribution is -2.16. The summed E-state index contributed by atoms with van der Waals surface area (Å²) in [6.45, 7) is 1.79. The summed E-state index contributed by atoms with van der Waals surface area (Å²) in [6, 6.07) is 10.3. The number of esters is 1.